The molecule has 3 N–H and O–H groups in total. The van der Waals surface area contributed by atoms with Gasteiger partial charge in [-0.05, 0) is 12.8 Å². The zero-order chi connectivity index (χ0) is 11.4. The first kappa shape index (κ1) is 12.0. The van der Waals surface area contributed by atoms with Crippen LogP contribution >= 0.6 is 0 Å². The lowest BCUT2D eigenvalue weighted by molar-refractivity contribution is -0.146. The molecule has 0 bridgehead atoms. The lowest BCUT2D eigenvalue weighted by Crippen LogP contribution is -2.45. The summed E-state index contributed by atoms with van der Waals surface area (Å²) >= 11 is 0. The Bertz CT molecular complexity index is 255. The molecule has 0 aliphatic carbocycles. The summed E-state index contributed by atoms with van der Waals surface area (Å²) < 4.78 is 0. The molecule has 86 valence electrons. The lowest BCUT2D eigenvalue weighted by Gasteiger charge is -2.32. The number of rotatable bonds is 3. The summed E-state index contributed by atoms with van der Waals surface area (Å²) in [5.41, 5.74) is 5.41. The van der Waals surface area contributed by atoms with Gasteiger partial charge in [0, 0.05) is 25.6 Å². The Labute approximate surface area is 89.2 Å². The molecule has 2 atom stereocenters. The molecule has 5 nitrogen and oxygen atoms in total. The average Bonchev–Trinajstić information content (AvgIpc) is 2.27. The molecular weight excluding hydrogens is 196 g/mol. The summed E-state index contributed by atoms with van der Waals surface area (Å²) in [6.07, 6.45) is 1.43. The van der Waals surface area contributed by atoms with Gasteiger partial charge in [-0.2, -0.15) is 0 Å². The van der Waals surface area contributed by atoms with Crippen molar-refractivity contribution in [3.8, 4) is 0 Å². The first-order valence-electron chi connectivity index (χ1n) is 5.28. The van der Waals surface area contributed by atoms with Crippen molar-refractivity contribution in [3.63, 3.8) is 0 Å². The Balaban J connectivity index is 2.56. The fourth-order valence-corrected chi connectivity index (χ4v) is 1.79. The zero-order valence-corrected chi connectivity index (χ0v) is 8.98. The highest BCUT2D eigenvalue weighted by Crippen LogP contribution is 2.18. The second-order valence-corrected chi connectivity index (χ2v) is 4.10. The quantitative estimate of drug-likeness (QED) is 0.687. The summed E-state index contributed by atoms with van der Waals surface area (Å²) in [5.74, 6) is -1.46. The van der Waals surface area contributed by atoms with E-state index in [1.165, 1.54) is 0 Å². The molecule has 1 fully saturated rings. The van der Waals surface area contributed by atoms with Gasteiger partial charge in [0.15, 0.2) is 0 Å². The highest BCUT2D eigenvalue weighted by atomic mass is 16.4. The number of amides is 1. The SMILES string of the molecule is CC(CN)C(=O)N1CCC[C@H](C(=O)O)C1. The van der Waals surface area contributed by atoms with Gasteiger partial charge >= 0.3 is 5.97 Å². The summed E-state index contributed by atoms with van der Waals surface area (Å²) in [4.78, 5) is 24.2. The standard InChI is InChI=1S/C10H18N2O3/c1-7(5-11)9(13)12-4-2-3-8(6-12)10(14)15/h7-8H,2-6,11H2,1H3,(H,14,15)/t7?,8-/m0/s1. The van der Waals surface area contributed by atoms with Crippen molar-refractivity contribution in [1.82, 2.24) is 4.90 Å². The highest BCUT2D eigenvalue weighted by molar-refractivity contribution is 5.80. The molecule has 15 heavy (non-hydrogen) atoms. The zero-order valence-electron chi connectivity index (χ0n) is 8.98. The molecule has 1 saturated heterocycles. The largest absolute Gasteiger partial charge is 0.481 e. The molecule has 1 heterocycles. The van der Waals surface area contributed by atoms with Crippen LogP contribution in [0.2, 0.25) is 0 Å². The van der Waals surface area contributed by atoms with E-state index < -0.39 is 11.9 Å². The molecular formula is C10H18N2O3. The molecule has 1 rings (SSSR count). The first-order valence-corrected chi connectivity index (χ1v) is 5.28. The van der Waals surface area contributed by atoms with Crippen LogP contribution in [0.3, 0.4) is 0 Å². The second kappa shape index (κ2) is 5.11. The van der Waals surface area contributed by atoms with Crippen LogP contribution in [-0.4, -0.2) is 41.5 Å². The monoisotopic (exact) mass is 214 g/mol. The Morgan fingerprint density at radius 3 is 2.80 bits per heavy atom. The van der Waals surface area contributed by atoms with Crippen molar-refractivity contribution >= 4 is 11.9 Å². The van der Waals surface area contributed by atoms with E-state index >= 15 is 0 Å². The smallest absolute Gasteiger partial charge is 0.308 e. The van der Waals surface area contributed by atoms with Gasteiger partial charge < -0.3 is 15.7 Å². The van der Waals surface area contributed by atoms with Gasteiger partial charge in [-0.3, -0.25) is 9.59 Å². The van der Waals surface area contributed by atoms with Crippen molar-refractivity contribution in [2.45, 2.75) is 19.8 Å². The molecule has 0 spiro atoms. The molecule has 5 heteroatoms. The van der Waals surface area contributed by atoms with Crippen LogP contribution < -0.4 is 5.73 Å². The predicted octanol–water partition coefficient (Wildman–Crippen LogP) is -0.0956. The third kappa shape index (κ3) is 2.92. The van der Waals surface area contributed by atoms with Gasteiger partial charge in [-0.15, -0.1) is 0 Å². The van der Waals surface area contributed by atoms with Crippen LogP contribution in [0.15, 0.2) is 0 Å². The van der Waals surface area contributed by atoms with Crippen molar-refractivity contribution < 1.29 is 14.7 Å². The molecule has 0 aromatic rings. The van der Waals surface area contributed by atoms with E-state index in [0.29, 0.717) is 26.1 Å². The number of nitrogens with two attached hydrogens (primary N) is 1. The molecule has 1 unspecified atom stereocenters. The number of hydrogen-bond donors (Lipinski definition) is 2. The van der Waals surface area contributed by atoms with Crippen LogP contribution in [0.25, 0.3) is 0 Å². The van der Waals surface area contributed by atoms with Crippen molar-refractivity contribution in [2.75, 3.05) is 19.6 Å². The van der Waals surface area contributed by atoms with Crippen LogP contribution in [0, 0.1) is 11.8 Å². The molecule has 0 aromatic heterocycles. The number of carboxylic acid groups (broad SMARTS) is 1. The lowest BCUT2D eigenvalue weighted by atomic mass is 9.97. The van der Waals surface area contributed by atoms with Crippen molar-refractivity contribution in [1.29, 1.82) is 0 Å². The number of nitrogens with zero attached hydrogens (tertiary/aromatic N) is 1. The van der Waals surface area contributed by atoms with Gasteiger partial charge in [0.25, 0.3) is 0 Å². The summed E-state index contributed by atoms with van der Waals surface area (Å²) in [5, 5.41) is 8.87. The molecule has 1 aliphatic heterocycles. The molecule has 0 saturated carbocycles. The summed E-state index contributed by atoms with van der Waals surface area (Å²) in [6.45, 7) is 3.07. The van der Waals surface area contributed by atoms with Gasteiger partial charge in [0.05, 0.1) is 5.92 Å². The van der Waals surface area contributed by atoms with E-state index in [4.69, 9.17) is 10.8 Å². The third-order valence-corrected chi connectivity index (χ3v) is 2.86. The van der Waals surface area contributed by atoms with E-state index in [9.17, 15) is 9.59 Å². The Hall–Kier alpha value is -1.10. The average molecular weight is 214 g/mol. The van der Waals surface area contributed by atoms with E-state index in [2.05, 4.69) is 0 Å². The number of carboxylic acids is 1. The topological polar surface area (TPSA) is 83.6 Å². The normalized spacial score (nSPS) is 23.6. The first-order chi connectivity index (χ1) is 7.06. The van der Waals surface area contributed by atoms with Gasteiger partial charge in [-0.25, -0.2) is 0 Å². The van der Waals surface area contributed by atoms with Crippen molar-refractivity contribution in [3.05, 3.63) is 0 Å². The Morgan fingerprint density at radius 2 is 2.27 bits per heavy atom. The number of hydrogen-bond acceptors (Lipinski definition) is 3. The number of aliphatic carboxylic acids is 1. The number of carbonyl (C=O) groups is 2. The minimum absolute atomic E-state index is 0.0246. The molecule has 1 aliphatic rings. The molecule has 1 amide bonds. The van der Waals surface area contributed by atoms with Gasteiger partial charge in [0.1, 0.15) is 0 Å². The molecule has 0 aromatic carbocycles. The highest BCUT2D eigenvalue weighted by Gasteiger charge is 2.29. The number of likely N-dealkylation sites (tertiary alicyclic amines) is 1. The van der Waals surface area contributed by atoms with Crippen molar-refractivity contribution in [2.24, 2.45) is 17.6 Å². The summed E-state index contributed by atoms with van der Waals surface area (Å²) in [7, 11) is 0. The maximum absolute atomic E-state index is 11.8. The number of piperidine rings is 1. The van der Waals surface area contributed by atoms with Crippen LogP contribution in [0.1, 0.15) is 19.8 Å². The Morgan fingerprint density at radius 1 is 1.60 bits per heavy atom. The third-order valence-electron chi connectivity index (χ3n) is 2.86. The van der Waals surface area contributed by atoms with E-state index in [-0.39, 0.29) is 11.8 Å². The van der Waals surface area contributed by atoms with E-state index in [1.54, 1.807) is 11.8 Å². The van der Waals surface area contributed by atoms with Crippen LogP contribution in [0.5, 0.6) is 0 Å². The van der Waals surface area contributed by atoms with Crippen LogP contribution in [-0.2, 0) is 9.59 Å². The minimum atomic E-state index is -0.812. The maximum Gasteiger partial charge on any atom is 0.308 e. The Kier molecular flexibility index (Phi) is 4.08. The van der Waals surface area contributed by atoms with Crippen LogP contribution in [0.4, 0.5) is 0 Å². The van der Waals surface area contributed by atoms with E-state index in [0.717, 1.165) is 6.42 Å². The van der Waals surface area contributed by atoms with Gasteiger partial charge in [-0.1, -0.05) is 6.92 Å². The fourth-order valence-electron chi connectivity index (χ4n) is 1.79. The predicted molar refractivity (Wildman–Crippen MR) is 55.2 cm³/mol. The maximum atomic E-state index is 11.8. The minimum Gasteiger partial charge on any atom is -0.481 e. The van der Waals surface area contributed by atoms with E-state index in [1.807, 2.05) is 0 Å². The molecule has 0 radical (unpaired) electrons. The fraction of sp³-hybridized carbons (Fsp3) is 0.800. The number of carbonyl (C=O) groups excluding carboxylic acids is 1. The second-order valence-electron chi connectivity index (χ2n) is 4.10. The van der Waals surface area contributed by atoms with Gasteiger partial charge in [0.2, 0.25) is 5.91 Å². The summed E-state index contributed by atoms with van der Waals surface area (Å²) in [6, 6.07) is 0.